The van der Waals surface area contributed by atoms with E-state index in [9.17, 15) is 13.2 Å². The number of carbonyl (C=O) groups is 1. The SMILES string of the molecule is CC1CCC(NS(=O)(=O)CC(=O)N2CCNC(C)C2C)CC1. The molecule has 1 heterocycles. The van der Waals surface area contributed by atoms with E-state index >= 15 is 0 Å². The molecule has 2 atom stereocenters. The third-order valence-corrected chi connectivity index (χ3v) is 6.35. The molecule has 7 heteroatoms. The molecule has 22 heavy (non-hydrogen) atoms. The summed E-state index contributed by atoms with van der Waals surface area (Å²) in [6.45, 7) is 7.45. The molecule has 0 aromatic heterocycles. The number of amides is 1. The molecule has 1 aliphatic carbocycles. The molecule has 6 nitrogen and oxygen atoms in total. The summed E-state index contributed by atoms with van der Waals surface area (Å²) in [5.74, 6) is -0.0565. The topological polar surface area (TPSA) is 78.5 Å². The second kappa shape index (κ2) is 7.27. The van der Waals surface area contributed by atoms with Crippen molar-refractivity contribution >= 4 is 15.9 Å². The van der Waals surface area contributed by atoms with E-state index in [1.807, 2.05) is 13.8 Å². The highest BCUT2D eigenvalue weighted by atomic mass is 32.2. The Labute approximate surface area is 134 Å². The largest absolute Gasteiger partial charge is 0.336 e. The van der Waals surface area contributed by atoms with E-state index in [0.717, 1.165) is 25.7 Å². The van der Waals surface area contributed by atoms with Gasteiger partial charge in [-0.05, 0) is 45.4 Å². The van der Waals surface area contributed by atoms with Gasteiger partial charge >= 0.3 is 0 Å². The lowest BCUT2D eigenvalue weighted by atomic mass is 9.88. The predicted octanol–water partition coefficient (Wildman–Crippen LogP) is 0.693. The number of rotatable bonds is 4. The van der Waals surface area contributed by atoms with E-state index in [4.69, 9.17) is 0 Å². The number of hydrogen-bond donors (Lipinski definition) is 2. The quantitative estimate of drug-likeness (QED) is 0.795. The molecule has 0 aromatic rings. The monoisotopic (exact) mass is 331 g/mol. The van der Waals surface area contributed by atoms with Crippen molar-refractivity contribution in [1.29, 1.82) is 0 Å². The van der Waals surface area contributed by atoms with Crippen LogP contribution in [0.3, 0.4) is 0 Å². The maximum atomic E-state index is 12.3. The van der Waals surface area contributed by atoms with Gasteiger partial charge in [0, 0.05) is 31.2 Å². The van der Waals surface area contributed by atoms with E-state index in [0.29, 0.717) is 19.0 Å². The molecule has 128 valence electrons. The normalized spacial score (nSPS) is 33.7. The van der Waals surface area contributed by atoms with Crippen molar-refractivity contribution in [2.45, 2.75) is 64.6 Å². The van der Waals surface area contributed by atoms with Gasteiger partial charge in [0.2, 0.25) is 15.9 Å². The molecule has 0 spiro atoms. The zero-order chi connectivity index (χ0) is 16.3. The molecule has 2 rings (SSSR count). The summed E-state index contributed by atoms with van der Waals surface area (Å²) in [6, 6.07) is 0.202. The minimum absolute atomic E-state index is 0.00614. The fourth-order valence-corrected chi connectivity index (χ4v) is 4.65. The molecule has 1 aliphatic heterocycles. The van der Waals surface area contributed by atoms with Gasteiger partial charge in [-0.15, -0.1) is 0 Å². The van der Waals surface area contributed by atoms with E-state index in [1.165, 1.54) is 0 Å². The van der Waals surface area contributed by atoms with Gasteiger partial charge in [0.1, 0.15) is 5.75 Å². The van der Waals surface area contributed by atoms with Gasteiger partial charge in [0.25, 0.3) is 0 Å². The maximum Gasteiger partial charge on any atom is 0.239 e. The van der Waals surface area contributed by atoms with Crippen molar-refractivity contribution in [2.24, 2.45) is 5.92 Å². The molecular weight excluding hydrogens is 302 g/mol. The summed E-state index contributed by atoms with van der Waals surface area (Å²) in [5, 5.41) is 3.29. The number of hydrogen-bond acceptors (Lipinski definition) is 4. The summed E-state index contributed by atoms with van der Waals surface area (Å²) < 4.78 is 27.2. The predicted molar refractivity (Wildman–Crippen MR) is 87.0 cm³/mol. The average Bonchev–Trinajstić information content (AvgIpc) is 2.43. The first-order valence-electron chi connectivity index (χ1n) is 8.31. The number of nitrogens with zero attached hydrogens (tertiary/aromatic N) is 1. The van der Waals surface area contributed by atoms with Crippen molar-refractivity contribution in [3.63, 3.8) is 0 Å². The lowest BCUT2D eigenvalue weighted by Crippen LogP contribution is -2.58. The Balaban J connectivity index is 1.89. The summed E-state index contributed by atoms with van der Waals surface area (Å²) in [5.41, 5.74) is 0. The third-order valence-electron chi connectivity index (χ3n) is 5.03. The Kier molecular flexibility index (Phi) is 5.85. The molecule has 1 amide bonds. The molecular formula is C15H29N3O3S. The van der Waals surface area contributed by atoms with Crippen LogP contribution in [0.25, 0.3) is 0 Å². The van der Waals surface area contributed by atoms with Gasteiger partial charge in [0.15, 0.2) is 0 Å². The fourth-order valence-electron chi connectivity index (χ4n) is 3.33. The van der Waals surface area contributed by atoms with Crippen LogP contribution in [-0.2, 0) is 14.8 Å². The van der Waals surface area contributed by atoms with E-state index < -0.39 is 15.8 Å². The van der Waals surface area contributed by atoms with Crippen LogP contribution >= 0.6 is 0 Å². The zero-order valence-electron chi connectivity index (χ0n) is 13.8. The van der Waals surface area contributed by atoms with Gasteiger partial charge in [-0.2, -0.15) is 0 Å². The molecule has 0 radical (unpaired) electrons. The number of sulfonamides is 1. The van der Waals surface area contributed by atoms with E-state index in [-0.39, 0.29) is 24.0 Å². The molecule has 2 N–H and O–H groups in total. The van der Waals surface area contributed by atoms with Crippen LogP contribution in [0.1, 0.15) is 46.5 Å². The zero-order valence-corrected chi connectivity index (χ0v) is 14.7. The van der Waals surface area contributed by atoms with Crippen LogP contribution in [0.5, 0.6) is 0 Å². The first kappa shape index (κ1) is 17.7. The van der Waals surface area contributed by atoms with E-state index in [1.54, 1.807) is 4.90 Å². The summed E-state index contributed by atoms with van der Waals surface area (Å²) in [7, 11) is -3.55. The van der Waals surface area contributed by atoms with Gasteiger partial charge in [0.05, 0.1) is 0 Å². The Morgan fingerprint density at radius 1 is 1.18 bits per heavy atom. The van der Waals surface area contributed by atoms with Crippen molar-refractivity contribution in [3.05, 3.63) is 0 Å². The molecule has 1 saturated heterocycles. The highest BCUT2D eigenvalue weighted by Crippen LogP contribution is 2.24. The van der Waals surface area contributed by atoms with Gasteiger partial charge in [-0.3, -0.25) is 4.79 Å². The third kappa shape index (κ3) is 4.67. The Morgan fingerprint density at radius 3 is 2.45 bits per heavy atom. The smallest absolute Gasteiger partial charge is 0.239 e. The van der Waals surface area contributed by atoms with Crippen molar-refractivity contribution in [3.8, 4) is 0 Å². The lowest BCUT2D eigenvalue weighted by molar-refractivity contribution is -0.132. The van der Waals surface area contributed by atoms with Crippen LogP contribution in [0, 0.1) is 5.92 Å². The van der Waals surface area contributed by atoms with Crippen molar-refractivity contribution in [2.75, 3.05) is 18.8 Å². The first-order chi connectivity index (χ1) is 10.3. The second-order valence-electron chi connectivity index (χ2n) is 6.90. The number of carbonyl (C=O) groups excluding carboxylic acids is 1. The Morgan fingerprint density at radius 2 is 1.82 bits per heavy atom. The minimum atomic E-state index is -3.55. The van der Waals surface area contributed by atoms with Crippen LogP contribution in [-0.4, -0.2) is 56.2 Å². The standard InChI is InChI=1S/C15H29N3O3S/c1-11-4-6-14(7-5-11)17-22(20,21)10-15(19)18-9-8-16-12(2)13(18)3/h11-14,16-17H,4-10H2,1-3H3. The molecule has 2 fully saturated rings. The minimum Gasteiger partial charge on any atom is -0.336 e. The van der Waals surface area contributed by atoms with Crippen LogP contribution in [0.4, 0.5) is 0 Å². The number of piperazine rings is 1. The van der Waals surface area contributed by atoms with Crippen LogP contribution in [0.2, 0.25) is 0 Å². The summed E-state index contributed by atoms with van der Waals surface area (Å²) >= 11 is 0. The fraction of sp³-hybridized carbons (Fsp3) is 0.933. The highest BCUT2D eigenvalue weighted by molar-refractivity contribution is 7.90. The molecule has 1 saturated carbocycles. The molecule has 0 aromatic carbocycles. The Hall–Kier alpha value is -0.660. The summed E-state index contributed by atoms with van der Waals surface area (Å²) in [4.78, 5) is 14.0. The molecule has 2 aliphatic rings. The number of nitrogens with one attached hydrogen (secondary N) is 2. The van der Waals surface area contributed by atoms with Crippen molar-refractivity contribution in [1.82, 2.24) is 14.9 Å². The van der Waals surface area contributed by atoms with Crippen LogP contribution in [0.15, 0.2) is 0 Å². The Bertz CT molecular complexity index is 486. The highest BCUT2D eigenvalue weighted by Gasteiger charge is 2.31. The van der Waals surface area contributed by atoms with E-state index in [2.05, 4.69) is 17.0 Å². The second-order valence-corrected chi connectivity index (χ2v) is 8.66. The first-order valence-corrected chi connectivity index (χ1v) is 9.96. The van der Waals surface area contributed by atoms with Crippen LogP contribution < -0.4 is 10.0 Å². The van der Waals surface area contributed by atoms with Gasteiger partial charge in [-0.1, -0.05) is 6.92 Å². The van der Waals surface area contributed by atoms with Crippen molar-refractivity contribution < 1.29 is 13.2 Å². The van der Waals surface area contributed by atoms with Gasteiger partial charge < -0.3 is 10.2 Å². The molecule has 2 unspecified atom stereocenters. The lowest BCUT2D eigenvalue weighted by Gasteiger charge is -2.38. The molecule has 0 bridgehead atoms. The average molecular weight is 331 g/mol. The van der Waals surface area contributed by atoms with Gasteiger partial charge in [-0.25, -0.2) is 13.1 Å². The summed E-state index contributed by atoms with van der Waals surface area (Å²) in [6.07, 6.45) is 3.84. The maximum absolute atomic E-state index is 12.3.